The molecule has 0 aliphatic carbocycles. The smallest absolute Gasteiger partial charge is 0.123 e. The Hall–Kier alpha value is -2.22. The van der Waals surface area contributed by atoms with Crippen LogP contribution in [0.15, 0.2) is 48.5 Å². The first-order valence-corrected chi connectivity index (χ1v) is 5.85. The number of rotatable bonds is 2. The van der Waals surface area contributed by atoms with Gasteiger partial charge in [-0.2, -0.15) is 0 Å². The van der Waals surface area contributed by atoms with Crippen molar-refractivity contribution >= 4 is 11.1 Å². The molecule has 0 saturated heterocycles. The van der Waals surface area contributed by atoms with E-state index in [2.05, 4.69) is 0 Å². The summed E-state index contributed by atoms with van der Waals surface area (Å²) in [5.41, 5.74) is 3.49. The number of phenolic OH excluding ortho intramolecular Hbond substituents is 2. The van der Waals surface area contributed by atoms with Crippen molar-refractivity contribution in [2.45, 2.75) is 13.8 Å². The Morgan fingerprint density at radius 3 is 1.33 bits per heavy atom. The Morgan fingerprint density at radius 1 is 0.667 bits per heavy atom. The number of phenols is 2. The van der Waals surface area contributed by atoms with Gasteiger partial charge >= 0.3 is 0 Å². The van der Waals surface area contributed by atoms with Crippen molar-refractivity contribution in [3.05, 3.63) is 59.7 Å². The SMILES string of the molecule is C/C(=C(\C)c1ccccc1O)c1ccccc1O. The number of allylic oxidation sites excluding steroid dienone is 2. The van der Waals surface area contributed by atoms with E-state index < -0.39 is 0 Å². The molecule has 0 unspecified atom stereocenters. The lowest BCUT2D eigenvalue weighted by molar-refractivity contribution is 0.472. The highest BCUT2D eigenvalue weighted by molar-refractivity contribution is 5.91. The number of para-hydroxylation sites is 2. The van der Waals surface area contributed by atoms with Gasteiger partial charge in [-0.25, -0.2) is 0 Å². The Labute approximate surface area is 107 Å². The summed E-state index contributed by atoms with van der Waals surface area (Å²) in [6, 6.07) is 14.4. The molecule has 0 spiro atoms. The zero-order valence-electron chi connectivity index (χ0n) is 10.5. The van der Waals surface area contributed by atoms with Crippen LogP contribution in [0.1, 0.15) is 25.0 Å². The maximum atomic E-state index is 9.85. The average Bonchev–Trinajstić information content (AvgIpc) is 2.38. The molecule has 2 aromatic rings. The quantitative estimate of drug-likeness (QED) is 0.777. The zero-order valence-corrected chi connectivity index (χ0v) is 10.5. The van der Waals surface area contributed by atoms with Crippen LogP contribution in [0, 0.1) is 0 Å². The van der Waals surface area contributed by atoms with Gasteiger partial charge in [0.2, 0.25) is 0 Å². The summed E-state index contributed by atoms with van der Waals surface area (Å²) in [6.07, 6.45) is 0. The first-order valence-electron chi connectivity index (χ1n) is 5.85. The fraction of sp³-hybridized carbons (Fsp3) is 0.125. The van der Waals surface area contributed by atoms with E-state index in [9.17, 15) is 10.2 Å². The summed E-state index contributed by atoms with van der Waals surface area (Å²) in [6.45, 7) is 3.88. The van der Waals surface area contributed by atoms with E-state index in [1.807, 2.05) is 38.1 Å². The van der Waals surface area contributed by atoms with E-state index in [1.54, 1.807) is 24.3 Å². The fourth-order valence-electron chi connectivity index (χ4n) is 1.99. The summed E-state index contributed by atoms with van der Waals surface area (Å²) in [5, 5.41) is 19.7. The summed E-state index contributed by atoms with van der Waals surface area (Å²) < 4.78 is 0. The molecule has 0 aliphatic rings. The Morgan fingerprint density at radius 2 is 1.00 bits per heavy atom. The lowest BCUT2D eigenvalue weighted by atomic mass is 9.96. The van der Waals surface area contributed by atoms with Gasteiger partial charge in [0.05, 0.1) is 0 Å². The molecule has 18 heavy (non-hydrogen) atoms. The normalized spacial score (nSPS) is 12.1. The fourth-order valence-corrected chi connectivity index (χ4v) is 1.99. The topological polar surface area (TPSA) is 40.5 Å². The van der Waals surface area contributed by atoms with Gasteiger partial charge in [0, 0.05) is 11.1 Å². The molecule has 0 bridgehead atoms. The Balaban J connectivity index is 2.55. The molecule has 0 aromatic heterocycles. The van der Waals surface area contributed by atoms with Crippen LogP contribution < -0.4 is 0 Å². The Bertz CT molecular complexity index is 544. The molecule has 2 nitrogen and oxygen atoms in total. The largest absolute Gasteiger partial charge is 0.507 e. The van der Waals surface area contributed by atoms with E-state index in [-0.39, 0.29) is 11.5 Å². The molecule has 0 heterocycles. The molecule has 2 heteroatoms. The van der Waals surface area contributed by atoms with E-state index in [0.29, 0.717) is 0 Å². The van der Waals surface area contributed by atoms with Gasteiger partial charge in [-0.15, -0.1) is 0 Å². The molecule has 0 atom stereocenters. The summed E-state index contributed by atoms with van der Waals surface area (Å²) >= 11 is 0. The maximum Gasteiger partial charge on any atom is 0.123 e. The lowest BCUT2D eigenvalue weighted by Gasteiger charge is -2.11. The van der Waals surface area contributed by atoms with Crippen LogP contribution in [0.25, 0.3) is 11.1 Å². The van der Waals surface area contributed by atoms with Gasteiger partial charge in [-0.3, -0.25) is 0 Å². The molecule has 0 radical (unpaired) electrons. The molecule has 2 aromatic carbocycles. The second-order valence-corrected chi connectivity index (χ2v) is 4.28. The van der Waals surface area contributed by atoms with E-state index in [1.165, 1.54) is 0 Å². The van der Waals surface area contributed by atoms with Crippen molar-refractivity contribution in [3.8, 4) is 11.5 Å². The van der Waals surface area contributed by atoms with Crippen molar-refractivity contribution in [3.63, 3.8) is 0 Å². The number of hydrogen-bond donors (Lipinski definition) is 2. The van der Waals surface area contributed by atoms with E-state index in [0.717, 1.165) is 22.3 Å². The molecule has 0 amide bonds. The third-order valence-corrected chi connectivity index (χ3v) is 3.18. The molecular formula is C16H16O2. The number of hydrogen-bond acceptors (Lipinski definition) is 2. The predicted molar refractivity (Wildman–Crippen MR) is 74.4 cm³/mol. The van der Waals surface area contributed by atoms with Crippen LogP contribution in [-0.4, -0.2) is 10.2 Å². The van der Waals surface area contributed by atoms with Gasteiger partial charge in [0.1, 0.15) is 11.5 Å². The van der Waals surface area contributed by atoms with E-state index in [4.69, 9.17) is 0 Å². The monoisotopic (exact) mass is 240 g/mol. The molecule has 2 rings (SSSR count). The highest BCUT2D eigenvalue weighted by Gasteiger charge is 2.09. The first-order chi connectivity index (χ1) is 8.61. The minimum absolute atomic E-state index is 0.254. The van der Waals surface area contributed by atoms with Crippen LogP contribution >= 0.6 is 0 Å². The standard InChI is InChI=1S/C16H16O2/c1-11(13-7-3-5-9-15(13)17)12(2)14-8-4-6-10-16(14)18/h3-10,17-18H,1-2H3/b12-11-. The third kappa shape index (κ3) is 2.23. The summed E-state index contributed by atoms with van der Waals surface area (Å²) in [4.78, 5) is 0. The molecule has 0 saturated carbocycles. The lowest BCUT2D eigenvalue weighted by Crippen LogP contribution is -1.87. The first kappa shape index (κ1) is 12.2. The second-order valence-electron chi connectivity index (χ2n) is 4.28. The number of aromatic hydroxyl groups is 2. The molecule has 0 fully saturated rings. The van der Waals surface area contributed by atoms with Crippen LogP contribution in [0.4, 0.5) is 0 Å². The van der Waals surface area contributed by atoms with Crippen molar-refractivity contribution in [1.82, 2.24) is 0 Å². The van der Waals surface area contributed by atoms with Crippen LogP contribution in [0.2, 0.25) is 0 Å². The van der Waals surface area contributed by atoms with Gasteiger partial charge in [0.15, 0.2) is 0 Å². The molecule has 92 valence electrons. The summed E-state index contributed by atoms with van der Waals surface area (Å²) in [7, 11) is 0. The highest BCUT2D eigenvalue weighted by atomic mass is 16.3. The summed E-state index contributed by atoms with van der Waals surface area (Å²) in [5.74, 6) is 0.509. The van der Waals surface area contributed by atoms with Gasteiger partial charge in [0.25, 0.3) is 0 Å². The van der Waals surface area contributed by atoms with Crippen LogP contribution in [0.5, 0.6) is 11.5 Å². The van der Waals surface area contributed by atoms with Gasteiger partial charge < -0.3 is 10.2 Å². The van der Waals surface area contributed by atoms with Crippen molar-refractivity contribution in [2.24, 2.45) is 0 Å². The minimum atomic E-state index is 0.254. The van der Waals surface area contributed by atoms with Crippen molar-refractivity contribution < 1.29 is 10.2 Å². The second kappa shape index (κ2) is 4.96. The zero-order chi connectivity index (χ0) is 13.1. The third-order valence-electron chi connectivity index (χ3n) is 3.18. The van der Waals surface area contributed by atoms with Crippen LogP contribution in [0.3, 0.4) is 0 Å². The average molecular weight is 240 g/mol. The maximum absolute atomic E-state index is 9.85. The Kier molecular flexibility index (Phi) is 3.38. The van der Waals surface area contributed by atoms with Crippen molar-refractivity contribution in [1.29, 1.82) is 0 Å². The van der Waals surface area contributed by atoms with Gasteiger partial charge in [-0.1, -0.05) is 36.4 Å². The highest BCUT2D eigenvalue weighted by Crippen LogP contribution is 2.33. The number of benzene rings is 2. The van der Waals surface area contributed by atoms with Crippen LogP contribution in [-0.2, 0) is 0 Å². The molecule has 2 N–H and O–H groups in total. The van der Waals surface area contributed by atoms with Gasteiger partial charge in [-0.05, 0) is 37.1 Å². The van der Waals surface area contributed by atoms with E-state index >= 15 is 0 Å². The minimum Gasteiger partial charge on any atom is -0.507 e. The predicted octanol–water partition coefficient (Wildman–Crippen LogP) is 4.05. The molecular weight excluding hydrogens is 224 g/mol. The molecule has 0 aliphatic heterocycles. The van der Waals surface area contributed by atoms with Crippen molar-refractivity contribution in [2.75, 3.05) is 0 Å².